The number of nitrogens with two attached hydrogens (primary N) is 1. The zero-order valence-corrected chi connectivity index (χ0v) is 12.6. The molecule has 0 fully saturated rings. The van der Waals surface area contributed by atoms with Gasteiger partial charge in [-0.05, 0) is 25.1 Å². The molecular formula is C12H13BrClN3O2. The summed E-state index contributed by atoms with van der Waals surface area (Å²) in [5, 5.41) is 4.44. The van der Waals surface area contributed by atoms with Gasteiger partial charge in [-0.25, -0.2) is 0 Å². The van der Waals surface area contributed by atoms with Crippen LogP contribution < -0.4 is 5.73 Å². The van der Waals surface area contributed by atoms with Crippen LogP contribution in [-0.4, -0.2) is 23.4 Å². The van der Waals surface area contributed by atoms with Crippen molar-refractivity contribution >= 4 is 27.5 Å². The Balaban J connectivity index is 2.20. The average molecular weight is 347 g/mol. The minimum absolute atomic E-state index is 0.356. The van der Waals surface area contributed by atoms with E-state index >= 15 is 0 Å². The van der Waals surface area contributed by atoms with Crippen LogP contribution in [0.5, 0.6) is 0 Å². The molecule has 0 aliphatic rings. The third kappa shape index (κ3) is 3.76. The molecular weight excluding hydrogens is 334 g/mol. The highest BCUT2D eigenvalue weighted by Gasteiger charge is 2.16. The Bertz CT molecular complexity index is 541. The maximum Gasteiger partial charge on any atom is 0.258 e. The first-order valence-electron chi connectivity index (χ1n) is 5.73. The van der Waals surface area contributed by atoms with Gasteiger partial charge >= 0.3 is 0 Å². The van der Waals surface area contributed by atoms with Gasteiger partial charge in [0.2, 0.25) is 0 Å². The van der Waals surface area contributed by atoms with Crippen molar-refractivity contribution in [2.24, 2.45) is 5.73 Å². The van der Waals surface area contributed by atoms with E-state index in [9.17, 15) is 0 Å². The van der Waals surface area contributed by atoms with E-state index in [1.165, 1.54) is 0 Å². The third-order valence-corrected chi connectivity index (χ3v) is 3.06. The normalized spacial score (nSPS) is 12.6. The number of nitrogens with zero attached hydrogens (tertiary/aromatic N) is 2. The standard InChI is InChI=1S/C12H13BrClN3O2/c1-2-18-6-10(15)11-16-12(19-17-11)7-3-8(13)5-9(14)4-7/h3-5,10H,2,6,15H2,1H3. The van der Waals surface area contributed by atoms with Crippen molar-refractivity contribution in [3.63, 3.8) is 0 Å². The number of aromatic nitrogens is 2. The molecule has 1 atom stereocenters. The lowest BCUT2D eigenvalue weighted by atomic mass is 10.2. The number of hydrogen-bond acceptors (Lipinski definition) is 5. The van der Waals surface area contributed by atoms with Crippen molar-refractivity contribution in [2.75, 3.05) is 13.2 Å². The summed E-state index contributed by atoms with van der Waals surface area (Å²) in [7, 11) is 0. The van der Waals surface area contributed by atoms with Crippen molar-refractivity contribution in [1.82, 2.24) is 10.1 Å². The van der Waals surface area contributed by atoms with Crippen molar-refractivity contribution < 1.29 is 9.26 Å². The molecule has 2 rings (SSSR count). The summed E-state index contributed by atoms with van der Waals surface area (Å²) in [5.41, 5.74) is 6.62. The topological polar surface area (TPSA) is 74.2 Å². The second-order valence-corrected chi connectivity index (χ2v) is 5.23. The zero-order chi connectivity index (χ0) is 13.8. The molecule has 1 aromatic heterocycles. The lowest BCUT2D eigenvalue weighted by Crippen LogP contribution is -2.18. The van der Waals surface area contributed by atoms with Gasteiger partial charge in [-0.3, -0.25) is 0 Å². The van der Waals surface area contributed by atoms with E-state index in [0.717, 1.165) is 10.0 Å². The molecule has 0 aliphatic heterocycles. The van der Waals surface area contributed by atoms with E-state index in [4.69, 9.17) is 26.6 Å². The average Bonchev–Trinajstić information content (AvgIpc) is 2.84. The van der Waals surface area contributed by atoms with Crippen LogP contribution in [0, 0.1) is 0 Å². The number of rotatable bonds is 5. The predicted octanol–water partition coefficient (Wildman–Crippen LogP) is 3.19. The molecule has 102 valence electrons. The summed E-state index contributed by atoms with van der Waals surface area (Å²) >= 11 is 9.33. The highest BCUT2D eigenvalue weighted by molar-refractivity contribution is 9.10. The van der Waals surface area contributed by atoms with E-state index in [1.54, 1.807) is 12.1 Å². The van der Waals surface area contributed by atoms with Gasteiger partial charge in [0.05, 0.1) is 12.6 Å². The van der Waals surface area contributed by atoms with Crippen molar-refractivity contribution in [3.8, 4) is 11.5 Å². The Morgan fingerprint density at radius 2 is 2.26 bits per heavy atom. The molecule has 5 nitrogen and oxygen atoms in total. The van der Waals surface area contributed by atoms with Crippen LogP contribution in [-0.2, 0) is 4.74 Å². The first-order valence-corrected chi connectivity index (χ1v) is 6.90. The van der Waals surface area contributed by atoms with Crippen molar-refractivity contribution in [3.05, 3.63) is 33.5 Å². The number of halogens is 2. The fourth-order valence-electron chi connectivity index (χ4n) is 1.50. The third-order valence-electron chi connectivity index (χ3n) is 2.38. The zero-order valence-electron chi connectivity index (χ0n) is 10.3. The molecule has 0 saturated heterocycles. The van der Waals surface area contributed by atoms with E-state index < -0.39 is 6.04 Å². The Hall–Kier alpha value is -0.950. The van der Waals surface area contributed by atoms with Crippen LogP contribution >= 0.6 is 27.5 Å². The van der Waals surface area contributed by atoms with Gasteiger partial charge in [0.25, 0.3) is 5.89 Å². The Morgan fingerprint density at radius 1 is 1.47 bits per heavy atom. The minimum Gasteiger partial charge on any atom is -0.380 e. The molecule has 1 aromatic carbocycles. The smallest absolute Gasteiger partial charge is 0.258 e. The minimum atomic E-state index is -0.403. The molecule has 2 N–H and O–H groups in total. The molecule has 0 aliphatic carbocycles. The first kappa shape index (κ1) is 14.5. The van der Waals surface area contributed by atoms with Gasteiger partial charge in [0, 0.05) is 21.7 Å². The summed E-state index contributed by atoms with van der Waals surface area (Å²) in [4.78, 5) is 4.25. The van der Waals surface area contributed by atoms with E-state index in [1.807, 2.05) is 13.0 Å². The highest BCUT2D eigenvalue weighted by Crippen LogP contribution is 2.26. The fourth-order valence-corrected chi connectivity index (χ4v) is 2.36. The Labute approximate surface area is 124 Å². The van der Waals surface area contributed by atoms with Gasteiger partial charge in [0.1, 0.15) is 0 Å². The summed E-state index contributed by atoms with van der Waals surface area (Å²) in [6.07, 6.45) is 0. The monoisotopic (exact) mass is 345 g/mol. The van der Waals surface area contributed by atoms with Crippen LogP contribution in [0.15, 0.2) is 27.2 Å². The van der Waals surface area contributed by atoms with E-state index in [-0.39, 0.29) is 0 Å². The molecule has 19 heavy (non-hydrogen) atoms. The van der Waals surface area contributed by atoms with Crippen LogP contribution in [0.1, 0.15) is 18.8 Å². The van der Waals surface area contributed by atoms with Gasteiger partial charge in [-0.1, -0.05) is 32.7 Å². The van der Waals surface area contributed by atoms with Gasteiger partial charge in [0.15, 0.2) is 5.82 Å². The van der Waals surface area contributed by atoms with Crippen LogP contribution in [0.25, 0.3) is 11.5 Å². The molecule has 0 spiro atoms. The second-order valence-electron chi connectivity index (χ2n) is 3.88. The molecule has 0 bridgehead atoms. The summed E-state index contributed by atoms with van der Waals surface area (Å²) in [6.45, 7) is 2.85. The van der Waals surface area contributed by atoms with Gasteiger partial charge in [-0.2, -0.15) is 4.98 Å². The first-order chi connectivity index (χ1) is 9.10. The molecule has 0 amide bonds. The SMILES string of the molecule is CCOCC(N)c1noc(-c2cc(Cl)cc(Br)c2)n1. The lowest BCUT2D eigenvalue weighted by Gasteiger charge is -2.05. The Morgan fingerprint density at radius 3 is 2.95 bits per heavy atom. The largest absolute Gasteiger partial charge is 0.380 e. The fraction of sp³-hybridized carbons (Fsp3) is 0.333. The predicted molar refractivity (Wildman–Crippen MR) is 75.9 cm³/mol. The van der Waals surface area contributed by atoms with E-state index in [0.29, 0.717) is 30.0 Å². The van der Waals surface area contributed by atoms with Crippen molar-refractivity contribution in [1.29, 1.82) is 0 Å². The van der Waals surface area contributed by atoms with Gasteiger partial charge in [-0.15, -0.1) is 0 Å². The quantitative estimate of drug-likeness (QED) is 0.900. The van der Waals surface area contributed by atoms with E-state index in [2.05, 4.69) is 26.1 Å². The van der Waals surface area contributed by atoms with Crippen LogP contribution in [0.2, 0.25) is 5.02 Å². The second kappa shape index (κ2) is 6.47. The van der Waals surface area contributed by atoms with Crippen LogP contribution in [0.4, 0.5) is 0 Å². The molecule has 1 unspecified atom stereocenters. The molecule has 1 heterocycles. The lowest BCUT2D eigenvalue weighted by molar-refractivity contribution is 0.130. The maximum atomic E-state index is 5.97. The van der Waals surface area contributed by atoms with Crippen molar-refractivity contribution in [2.45, 2.75) is 13.0 Å². The van der Waals surface area contributed by atoms with Crippen LogP contribution in [0.3, 0.4) is 0 Å². The van der Waals surface area contributed by atoms with Gasteiger partial charge < -0.3 is 15.0 Å². The maximum absolute atomic E-state index is 5.97. The number of ether oxygens (including phenoxy) is 1. The Kier molecular flexibility index (Phi) is 4.93. The summed E-state index contributed by atoms with van der Waals surface area (Å²) < 4.78 is 11.3. The molecule has 7 heteroatoms. The summed E-state index contributed by atoms with van der Waals surface area (Å²) in [5.74, 6) is 0.796. The number of benzene rings is 1. The molecule has 2 aromatic rings. The summed E-state index contributed by atoms with van der Waals surface area (Å²) in [6, 6.07) is 4.97. The molecule has 0 saturated carbocycles. The molecule has 0 radical (unpaired) electrons. The number of hydrogen-bond donors (Lipinski definition) is 1. The highest BCUT2D eigenvalue weighted by atomic mass is 79.9.